The molecule has 3 N–H and O–H groups in total. The number of amides is 1. The largest absolute Gasteiger partial charge is 0.441 e. The van der Waals surface area contributed by atoms with Gasteiger partial charge in [0.2, 0.25) is 0 Å². The highest BCUT2D eigenvalue weighted by molar-refractivity contribution is 5.65. The average molecular weight is 391 g/mol. The van der Waals surface area contributed by atoms with Crippen molar-refractivity contribution >= 4 is 11.8 Å². The number of benzene rings is 2. The van der Waals surface area contributed by atoms with Crippen LogP contribution >= 0.6 is 0 Å². The number of alkyl halides is 3. The van der Waals surface area contributed by atoms with Crippen molar-refractivity contribution in [3.05, 3.63) is 71.5 Å². The monoisotopic (exact) mass is 391 g/mol. The summed E-state index contributed by atoms with van der Waals surface area (Å²) in [6, 6.07) is 13.9. The Morgan fingerprint density at radius 2 is 1.79 bits per heavy atom. The van der Waals surface area contributed by atoms with Gasteiger partial charge in [-0.05, 0) is 29.8 Å². The van der Waals surface area contributed by atoms with Crippen molar-refractivity contribution in [1.29, 1.82) is 0 Å². The third-order valence-corrected chi connectivity index (χ3v) is 3.87. The highest BCUT2D eigenvalue weighted by Crippen LogP contribution is 2.29. The molecule has 6 nitrogen and oxygen atoms in total. The molecule has 0 unspecified atom stereocenters. The van der Waals surface area contributed by atoms with Gasteiger partial charge in [-0.25, -0.2) is 4.79 Å². The number of halogens is 3. The lowest BCUT2D eigenvalue weighted by Crippen LogP contribution is -2.12. The molecule has 0 fully saturated rings. The molecule has 1 aromatic heterocycles. The van der Waals surface area contributed by atoms with Crippen LogP contribution in [0.15, 0.2) is 59.1 Å². The topological polar surface area (TPSA) is 90.4 Å². The number of nitrogens with one attached hydrogen (secondary N) is 1. The fourth-order valence-corrected chi connectivity index (χ4v) is 2.43. The Balaban J connectivity index is 1.58. The van der Waals surface area contributed by atoms with Gasteiger partial charge in [0.15, 0.2) is 12.4 Å². The lowest BCUT2D eigenvalue weighted by molar-refractivity contribution is -0.137. The molecule has 9 heteroatoms. The number of rotatable bonds is 6. The predicted octanol–water partition coefficient (Wildman–Crippen LogP) is 4.57. The molecule has 0 bridgehead atoms. The number of hydrogen-bond acceptors (Lipinski definition) is 5. The predicted molar refractivity (Wildman–Crippen MR) is 95.1 cm³/mol. The van der Waals surface area contributed by atoms with Gasteiger partial charge < -0.3 is 20.3 Å². The Labute approximate surface area is 158 Å². The quantitative estimate of drug-likeness (QED) is 0.643. The standard InChI is InChI=1S/C19H16F3N3O3/c20-19(21,22)14-5-1-12(2-6-14)10-24-15-7-3-13(4-8-15)17-9-16(28-25-17)11-27-18(23)26/h1-9,24H,10-11H2,(H2,23,26). The van der Waals surface area contributed by atoms with Crippen LogP contribution in [0.4, 0.5) is 23.7 Å². The summed E-state index contributed by atoms with van der Waals surface area (Å²) < 4.78 is 47.4. The Morgan fingerprint density at radius 3 is 2.39 bits per heavy atom. The van der Waals surface area contributed by atoms with E-state index in [2.05, 4.69) is 15.2 Å². The number of hydrogen-bond donors (Lipinski definition) is 2. The van der Waals surface area contributed by atoms with Crippen LogP contribution in [0.3, 0.4) is 0 Å². The molecule has 0 aliphatic rings. The highest BCUT2D eigenvalue weighted by Gasteiger charge is 2.29. The van der Waals surface area contributed by atoms with Gasteiger partial charge >= 0.3 is 12.3 Å². The van der Waals surface area contributed by atoms with Crippen LogP contribution in [-0.2, 0) is 24.1 Å². The van der Waals surface area contributed by atoms with Gasteiger partial charge in [0.05, 0.1) is 5.56 Å². The zero-order valence-corrected chi connectivity index (χ0v) is 14.5. The maximum absolute atomic E-state index is 12.6. The number of ether oxygens (including phenoxy) is 1. The summed E-state index contributed by atoms with van der Waals surface area (Å²) in [6.07, 6.45) is -5.24. The molecule has 0 atom stereocenters. The van der Waals surface area contributed by atoms with E-state index in [-0.39, 0.29) is 6.61 Å². The summed E-state index contributed by atoms with van der Waals surface area (Å²) in [7, 11) is 0. The molecule has 2 aromatic carbocycles. The second kappa shape index (κ2) is 8.03. The van der Waals surface area contributed by atoms with Crippen LogP contribution in [0.2, 0.25) is 0 Å². The van der Waals surface area contributed by atoms with Crippen LogP contribution in [-0.4, -0.2) is 11.2 Å². The van der Waals surface area contributed by atoms with E-state index in [1.807, 2.05) is 24.3 Å². The van der Waals surface area contributed by atoms with E-state index < -0.39 is 17.8 Å². The zero-order chi connectivity index (χ0) is 20.1. The van der Waals surface area contributed by atoms with Gasteiger partial charge in [-0.15, -0.1) is 0 Å². The molecule has 1 heterocycles. The van der Waals surface area contributed by atoms with Crippen molar-refractivity contribution in [2.24, 2.45) is 5.73 Å². The number of nitrogens with two attached hydrogens (primary N) is 1. The van der Waals surface area contributed by atoms with Gasteiger partial charge in [0, 0.05) is 23.9 Å². The molecule has 0 spiro atoms. The zero-order valence-electron chi connectivity index (χ0n) is 14.5. The average Bonchev–Trinajstić information content (AvgIpc) is 3.14. The molecule has 0 aliphatic carbocycles. The van der Waals surface area contributed by atoms with Crippen LogP contribution in [0, 0.1) is 0 Å². The molecule has 1 amide bonds. The summed E-state index contributed by atoms with van der Waals surface area (Å²) >= 11 is 0. The van der Waals surface area contributed by atoms with Crippen molar-refractivity contribution in [3.63, 3.8) is 0 Å². The van der Waals surface area contributed by atoms with Crippen molar-refractivity contribution < 1.29 is 27.2 Å². The minimum atomic E-state index is -4.34. The van der Waals surface area contributed by atoms with Crippen molar-refractivity contribution in [2.75, 3.05) is 5.32 Å². The third-order valence-electron chi connectivity index (χ3n) is 3.87. The van der Waals surface area contributed by atoms with E-state index in [1.54, 1.807) is 6.07 Å². The first-order valence-electron chi connectivity index (χ1n) is 8.19. The Kier molecular flexibility index (Phi) is 5.53. The minimum absolute atomic E-state index is 0.102. The molecular weight excluding hydrogens is 375 g/mol. The van der Waals surface area contributed by atoms with E-state index >= 15 is 0 Å². The number of aromatic nitrogens is 1. The van der Waals surface area contributed by atoms with Gasteiger partial charge in [0.1, 0.15) is 5.69 Å². The lowest BCUT2D eigenvalue weighted by Gasteiger charge is -2.09. The van der Waals surface area contributed by atoms with E-state index in [4.69, 9.17) is 10.3 Å². The van der Waals surface area contributed by atoms with Gasteiger partial charge in [0.25, 0.3) is 0 Å². The van der Waals surface area contributed by atoms with Crippen LogP contribution < -0.4 is 11.1 Å². The number of primary amides is 1. The van der Waals surface area contributed by atoms with Gasteiger partial charge in [-0.1, -0.05) is 29.4 Å². The van der Waals surface area contributed by atoms with E-state index in [0.29, 0.717) is 18.0 Å². The second-order valence-electron chi connectivity index (χ2n) is 5.91. The van der Waals surface area contributed by atoms with Crippen molar-refractivity contribution in [1.82, 2.24) is 5.16 Å². The van der Waals surface area contributed by atoms with Crippen LogP contribution in [0.1, 0.15) is 16.9 Å². The summed E-state index contributed by atoms with van der Waals surface area (Å²) in [5, 5.41) is 7.04. The van der Waals surface area contributed by atoms with Gasteiger partial charge in [-0.3, -0.25) is 0 Å². The van der Waals surface area contributed by atoms with E-state index in [1.165, 1.54) is 12.1 Å². The molecule has 0 radical (unpaired) electrons. The van der Waals surface area contributed by atoms with E-state index in [0.717, 1.165) is 28.9 Å². The normalized spacial score (nSPS) is 11.2. The molecule has 28 heavy (non-hydrogen) atoms. The Hall–Kier alpha value is -3.49. The maximum Gasteiger partial charge on any atom is 0.416 e. The minimum Gasteiger partial charge on any atom is -0.441 e. The highest BCUT2D eigenvalue weighted by atomic mass is 19.4. The maximum atomic E-state index is 12.6. The summed E-state index contributed by atoms with van der Waals surface area (Å²) in [4.78, 5) is 10.6. The smallest absolute Gasteiger partial charge is 0.416 e. The first-order chi connectivity index (χ1) is 13.3. The number of anilines is 1. The molecule has 3 rings (SSSR count). The Morgan fingerprint density at radius 1 is 1.11 bits per heavy atom. The lowest BCUT2D eigenvalue weighted by atomic mass is 10.1. The van der Waals surface area contributed by atoms with Crippen LogP contribution in [0.5, 0.6) is 0 Å². The first-order valence-corrected chi connectivity index (χ1v) is 8.19. The summed E-state index contributed by atoms with van der Waals surface area (Å²) in [6.45, 7) is 0.283. The van der Waals surface area contributed by atoms with E-state index in [9.17, 15) is 18.0 Å². The van der Waals surface area contributed by atoms with Gasteiger partial charge in [-0.2, -0.15) is 13.2 Å². The number of carbonyl (C=O) groups is 1. The van der Waals surface area contributed by atoms with Crippen LogP contribution in [0.25, 0.3) is 11.3 Å². The van der Waals surface area contributed by atoms with Crippen molar-refractivity contribution in [3.8, 4) is 11.3 Å². The molecule has 146 valence electrons. The third kappa shape index (κ3) is 5.03. The molecule has 3 aromatic rings. The SMILES string of the molecule is NC(=O)OCc1cc(-c2ccc(NCc3ccc(C(F)(F)F)cc3)cc2)no1. The molecule has 0 saturated heterocycles. The Bertz CT molecular complexity index is 936. The number of nitrogens with zero attached hydrogens (tertiary/aromatic N) is 1. The number of carbonyl (C=O) groups excluding carboxylic acids is 1. The summed E-state index contributed by atoms with van der Waals surface area (Å²) in [5.74, 6) is 0.360. The molecule has 0 saturated carbocycles. The fraction of sp³-hybridized carbons (Fsp3) is 0.158. The summed E-state index contributed by atoms with van der Waals surface area (Å²) in [5.41, 5.74) is 7.10. The molecular formula is C19H16F3N3O3. The fourth-order valence-electron chi connectivity index (χ4n) is 2.43. The molecule has 0 aliphatic heterocycles. The van der Waals surface area contributed by atoms with Crippen molar-refractivity contribution in [2.45, 2.75) is 19.3 Å². The second-order valence-corrected chi connectivity index (χ2v) is 5.91. The first kappa shape index (κ1) is 19.3.